The number of carbonyl (C=O) groups is 1. The highest BCUT2D eigenvalue weighted by atomic mass is 35.5. The molecule has 0 aromatic heterocycles. The van der Waals surface area contributed by atoms with Gasteiger partial charge in [0.25, 0.3) is 0 Å². The Kier molecular flexibility index (Phi) is 5.26. The second-order valence-corrected chi connectivity index (χ2v) is 5.63. The maximum atomic E-state index is 12.6. The Morgan fingerprint density at radius 1 is 1.26 bits per heavy atom. The van der Waals surface area contributed by atoms with Gasteiger partial charge in [0, 0.05) is 12.6 Å². The first-order valence-electron chi connectivity index (χ1n) is 7.23. The molecule has 2 nitrogen and oxygen atoms in total. The highest BCUT2D eigenvalue weighted by molar-refractivity contribution is 6.30. The first-order chi connectivity index (χ1) is 9.24. The van der Waals surface area contributed by atoms with Crippen LogP contribution in [-0.4, -0.2) is 23.4 Å². The number of benzene rings is 1. The van der Waals surface area contributed by atoms with Gasteiger partial charge in [-0.25, -0.2) is 0 Å². The van der Waals surface area contributed by atoms with Gasteiger partial charge in [-0.1, -0.05) is 49.6 Å². The molecule has 1 aliphatic carbocycles. The zero-order chi connectivity index (χ0) is 13.7. The van der Waals surface area contributed by atoms with E-state index in [-0.39, 0.29) is 5.91 Å². The number of halogens is 1. The van der Waals surface area contributed by atoms with Crippen LogP contribution in [0.15, 0.2) is 30.3 Å². The molecule has 0 aliphatic heterocycles. The highest BCUT2D eigenvalue weighted by Crippen LogP contribution is 2.28. The van der Waals surface area contributed by atoms with Crippen molar-refractivity contribution in [1.29, 1.82) is 0 Å². The average Bonchev–Trinajstić information content (AvgIpc) is 2.49. The largest absolute Gasteiger partial charge is 0.338 e. The van der Waals surface area contributed by atoms with E-state index < -0.39 is 5.38 Å². The molecule has 0 bridgehead atoms. The van der Waals surface area contributed by atoms with Crippen molar-refractivity contribution in [1.82, 2.24) is 4.90 Å². The van der Waals surface area contributed by atoms with E-state index >= 15 is 0 Å². The second-order valence-electron chi connectivity index (χ2n) is 5.19. The Morgan fingerprint density at radius 3 is 2.47 bits per heavy atom. The van der Waals surface area contributed by atoms with Gasteiger partial charge in [0.15, 0.2) is 0 Å². The zero-order valence-corrected chi connectivity index (χ0v) is 12.3. The summed E-state index contributed by atoms with van der Waals surface area (Å²) in [6.07, 6.45) is 6.00. The fourth-order valence-corrected chi connectivity index (χ4v) is 3.17. The summed E-state index contributed by atoms with van der Waals surface area (Å²) < 4.78 is 0. The van der Waals surface area contributed by atoms with Gasteiger partial charge in [-0.15, -0.1) is 11.6 Å². The number of alkyl halides is 1. The van der Waals surface area contributed by atoms with E-state index in [4.69, 9.17) is 11.6 Å². The van der Waals surface area contributed by atoms with Gasteiger partial charge < -0.3 is 4.90 Å². The molecule has 1 atom stereocenters. The van der Waals surface area contributed by atoms with Crippen LogP contribution in [0, 0.1) is 0 Å². The third-order valence-electron chi connectivity index (χ3n) is 3.95. The first-order valence-corrected chi connectivity index (χ1v) is 7.67. The lowest BCUT2D eigenvalue weighted by Gasteiger charge is -2.34. The highest BCUT2D eigenvalue weighted by Gasteiger charge is 2.29. The first kappa shape index (κ1) is 14.4. The zero-order valence-electron chi connectivity index (χ0n) is 11.5. The molecule has 1 saturated carbocycles. The minimum atomic E-state index is -0.553. The Hall–Kier alpha value is -1.02. The molecule has 1 aromatic rings. The smallest absolute Gasteiger partial charge is 0.245 e. The number of rotatable bonds is 4. The van der Waals surface area contributed by atoms with E-state index in [1.165, 1.54) is 19.3 Å². The molecule has 0 heterocycles. The molecule has 104 valence electrons. The van der Waals surface area contributed by atoms with Crippen LogP contribution in [0.4, 0.5) is 0 Å². The molecule has 0 saturated heterocycles. The third kappa shape index (κ3) is 3.50. The van der Waals surface area contributed by atoms with Crippen LogP contribution in [0.2, 0.25) is 0 Å². The van der Waals surface area contributed by atoms with Crippen LogP contribution in [-0.2, 0) is 4.79 Å². The Balaban J connectivity index is 2.07. The molecule has 1 fully saturated rings. The van der Waals surface area contributed by atoms with Gasteiger partial charge in [0.2, 0.25) is 5.91 Å². The van der Waals surface area contributed by atoms with Gasteiger partial charge in [0.05, 0.1) is 0 Å². The number of carbonyl (C=O) groups excluding carboxylic acids is 1. The van der Waals surface area contributed by atoms with Crippen molar-refractivity contribution < 1.29 is 4.79 Å². The molecule has 19 heavy (non-hydrogen) atoms. The maximum absolute atomic E-state index is 12.6. The summed E-state index contributed by atoms with van der Waals surface area (Å²) in [5, 5.41) is -0.553. The Morgan fingerprint density at radius 2 is 1.89 bits per heavy atom. The molecule has 1 amide bonds. The summed E-state index contributed by atoms with van der Waals surface area (Å²) in [5.41, 5.74) is 0.892. The number of hydrogen-bond donors (Lipinski definition) is 0. The van der Waals surface area contributed by atoms with Crippen molar-refractivity contribution >= 4 is 17.5 Å². The summed E-state index contributed by atoms with van der Waals surface area (Å²) in [6.45, 7) is 2.79. The second kappa shape index (κ2) is 6.95. The molecule has 0 spiro atoms. The lowest BCUT2D eigenvalue weighted by Crippen LogP contribution is -2.42. The Bertz CT molecular complexity index is 400. The van der Waals surface area contributed by atoms with Crippen molar-refractivity contribution in [2.45, 2.75) is 50.4 Å². The quantitative estimate of drug-likeness (QED) is 0.758. The SMILES string of the molecule is CCN(C(=O)C(Cl)c1ccccc1)C1CCCCC1. The third-order valence-corrected chi connectivity index (χ3v) is 4.39. The molecular formula is C16H22ClNO. The normalized spacial score (nSPS) is 18.0. The number of hydrogen-bond acceptors (Lipinski definition) is 1. The molecule has 0 N–H and O–H groups in total. The van der Waals surface area contributed by atoms with Gasteiger partial charge >= 0.3 is 0 Å². The number of nitrogens with zero attached hydrogens (tertiary/aromatic N) is 1. The molecule has 2 rings (SSSR count). The van der Waals surface area contributed by atoms with E-state index in [9.17, 15) is 4.79 Å². The lowest BCUT2D eigenvalue weighted by atomic mass is 9.93. The molecule has 1 unspecified atom stereocenters. The van der Waals surface area contributed by atoms with Crippen LogP contribution < -0.4 is 0 Å². The fourth-order valence-electron chi connectivity index (χ4n) is 2.90. The predicted octanol–water partition coefficient (Wildman–Crippen LogP) is 4.15. The van der Waals surface area contributed by atoms with Crippen LogP contribution in [0.25, 0.3) is 0 Å². The van der Waals surface area contributed by atoms with Gasteiger partial charge in [-0.2, -0.15) is 0 Å². The van der Waals surface area contributed by atoms with Crippen molar-refractivity contribution in [3.63, 3.8) is 0 Å². The average molecular weight is 280 g/mol. The number of likely N-dealkylation sites (N-methyl/N-ethyl adjacent to an activating group) is 1. The minimum Gasteiger partial charge on any atom is -0.338 e. The van der Waals surface area contributed by atoms with Crippen LogP contribution in [0.1, 0.15) is 50.0 Å². The number of amides is 1. The van der Waals surface area contributed by atoms with E-state index in [2.05, 4.69) is 0 Å². The standard InChI is InChI=1S/C16H22ClNO/c1-2-18(14-11-7-4-8-12-14)16(19)15(17)13-9-5-3-6-10-13/h3,5-6,9-10,14-15H,2,4,7-8,11-12H2,1H3. The van der Waals surface area contributed by atoms with Gasteiger partial charge in [0.1, 0.15) is 5.38 Å². The minimum absolute atomic E-state index is 0.0577. The summed E-state index contributed by atoms with van der Waals surface area (Å²) >= 11 is 6.36. The van der Waals surface area contributed by atoms with Crippen LogP contribution in [0.5, 0.6) is 0 Å². The van der Waals surface area contributed by atoms with E-state index in [0.717, 1.165) is 24.9 Å². The predicted molar refractivity (Wildman–Crippen MR) is 79.3 cm³/mol. The maximum Gasteiger partial charge on any atom is 0.245 e. The van der Waals surface area contributed by atoms with Crippen molar-refractivity contribution in [2.24, 2.45) is 0 Å². The molecule has 1 aromatic carbocycles. The van der Waals surface area contributed by atoms with Crippen LogP contribution in [0.3, 0.4) is 0 Å². The Labute approximate surface area is 120 Å². The van der Waals surface area contributed by atoms with E-state index in [1.54, 1.807) is 0 Å². The molecular weight excluding hydrogens is 258 g/mol. The van der Waals surface area contributed by atoms with Crippen molar-refractivity contribution in [2.75, 3.05) is 6.54 Å². The van der Waals surface area contributed by atoms with Crippen LogP contribution >= 0.6 is 11.6 Å². The summed E-state index contributed by atoms with van der Waals surface area (Å²) in [5.74, 6) is 0.0577. The monoisotopic (exact) mass is 279 g/mol. The molecule has 1 aliphatic rings. The van der Waals surface area contributed by atoms with E-state index in [1.807, 2.05) is 42.2 Å². The van der Waals surface area contributed by atoms with E-state index in [0.29, 0.717) is 6.04 Å². The lowest BCUT2D eigenvalue weighted by molar-refractivity contribution is -0.133. The summed E-state index contributed by atoms with van der Waals surface area (Å²) in [7, 11) is 0. The fraction of sp³-hybridized carbons (Fsp3) is 0.562. The topological polar surface area (TPSA) is 20.3 Å². The van der Waals surface area contributed by atoms with Gasteiger partial charge in [-0.05, 0) is 25.3 Å². The summed E-state index contributed by atoms with van der Waals surface area (Å²) in [4.78, 5) is 14.5. The molecule has 0 radical (unpaired) electrons. The van der Waals surface area contributed by atoms with Crippen molar-refractivity contribution in [3.8, 4) is 0 Å². The molecule has 3 heteroatoms. The van der Waals surface area contributed by atoms with Crippen molar-refractivity contribution in [3.05, 3.63) is 35.9 Å². The summed E-state index contributed by atoms with van der Waals surface area (Å²) in [6, 6.07) is 10.0. The van der Waals surface area contributed by atoms with Gasteiger partial charge in [-0.3, -0.25) is 4.79 Å².